The Bertz CT molecular complexity index is 248. The average Bonchev–Trinajstić information content (AvgIpc) is 2.13. The van der Waals surface area contributed by atoms with Crippen molar-refractivity contribution in [3.8, 4) is 0 Å². The minimum atomic E-state index is -3.77. The van der Waals surface area contributed by atoms with Crippen LogP contribution in [0.25, 0.3) is 0 Å². The van der Waals surface area contributed by atoms with Gasteiger partial charge in [0.1, 0.15) is 0 Å². The van der Waals surface area contributed by atoms with Gasteiger partial charge < -0.3 is 11.5 Å². The number of nitrogens with one attached hydrogen (secondary N) is 1. The summed E-state index contributed by atoms with van der Waals surface area (Å²) >= 11 is 0. The van der Waals surface area contributed by atoms with Crippen molar-refractivity contribution in [2.75, 3.05) is 12.3 Å². The molecule has 0 bridgehead atoms. The Morgan fingerprint density at radius 3 is 2.33 bits per heavy atom. The molecule has 6 heteroatoms. The predicted molar refractivity (Wildman–Crippen MR) is 60.9 cm³/mol. The highest BCUT2D eigenvalue weighted by Gasteiger charge is 2.12. The lowest BCUT2D eigenvalue weighted by Crippen LogP contribution is -2.32. The van der Waals surface area contributed by atoms with Gasteiger partial charge in [0.25, 0.3) is 10.1 Å². The second kappa shape index (κ2) is 7.16. The molecule has 0 amide bonds. The van der Waals surface area contributed by atoms with E-state index in [-0.39, 0.29) is 11.9 Å². The summed E-state index contributed by atoms with van der Waals surface area (Å²) in [6.45, 7) is 0.685. The zero-order valence-corrected chi connectivity index (χ0v) is 9.93. The Hall–Kier alpha value is -0.170. The molecule has 5 N–H and O–H groups in total. The van der Waals surface area contributed by atoms with Crippen LogP contribution in [0.3, 0.4) is 0 Å². The van der Waals surface area contributed by atoms with Crippen LogP contribution < -0.4 is 11.5 Å². The zero-order chi connectivity index (χ0) is 10.4. The van der Waals surface area contributed by atoms with Gasteiger partial charge in [0, 0.05) is 6.04 Å². The molecule has 1 aliphatic carbocycles. The fraction of sp³-hybridized carbons (Fsp3) is 1.00. The number of rotatable bonds is 5. The molecule has 0 heterocycles. The number of hydrogen-bond donors (Lipinski definition) is 3. The predicted octanol–water partition coefficient (Wildman–Crippen LogP) is 1.35. The van der Waals surface area contributed by atoms with E-state index >= 15 is 0 Å². The summed E-state index contributed by atoms with van der Waals surface area (Å²) in [6, 6.07) is 0.560. The Labute approximate surface area is 92.0 Å². The molecule has 92 valence electrons. The van der Waals surface area contributed by atoms with Gasteiger partial charge in [-0.25, -0.2) is 0 Å². The van der Waals surface area contributed by atoms with Crippen LogP contribution in [-0.4, -0.2) is 31.3 Å². The SMILES string of the molecule is N.O=S(=O)(O)CCCNC1CCCCC1. The first-order chi connectivity index (χ1) is 6.58. The molecule has 1 aliphatic rings. The average molecular weight is 238 g/mol. The van der Waals surface area contributed by atoms with Gasteiger partial charge in [0.15, 0.2) is 0 Å². The Kier molecular flexibility index (Phi) is 7.08. The van der Waals surface area contributed by atoms with Crippen molar-refractivity contribution >= 4 is 10.1 Å². The second-order valence-corrected chi connectivity index (χ2v) is 5.50. The van der Waals surface area contributed by atoms with Crippen LogP contribution in [0.15, 0.2) is 0 Å². The molecule has 0 aliphatic heterocycles. The van der Waals surface area contributed by atoms with Crippen molar-refractivity contribution in [2.45, 2.75) is 44.6 Å². The molecule has 1 rings (SSSR count). The lowest BCUT2D eigenvalue weighted by atomic mass is 9.95. The van der Waals surface area contributed by atoms with Crippen LogP contribution in [-0.2, 0) is 10.1 Å². The van der Waals surface area contributed by atoms with Crippen molar-refractivity contribution in [1.29, 1.82) is 0 Å². The molecule has 0 aromatic heterocycles. The summed E-state index contributed by atoms with van der Waals surface area (Å²) in [4.78, 5) is 0. The van der Waals surface area contributed by atoms with E-state index < -0.39 is 10.1 Å². The third kappa shape index (κ3) is 7.72. The molecule has 5 nitrogen and oxygen atoms in total. The maximum absolute atomic E-state index is 10.4. The van der Waals surface area contributed by atoms with Crippen molar-refractivity contribution in [3.63, 3.8) is 0 Å². The Balaban J connectivity index is 0.00000196. The maximum Gasteiger partial charge on any atom is 0.264 e. The minimum Gasteiger partial charge on any atom is -0.344 e. The van der Waals surface area contributed by atoms with Crippen molar-refractivity contribution < 1.29 is 13.0 Å². The first kappa shape index (κ1) is 14.8. The van der Waals surface area contributed by atoms with Crippen LogP contribution in [0.2, 0.25) is 0 Å². The van der Waals surface area contributed by atoms with Crippen LogP contribution >= 0.6 is 0 Å². The first-order valence-corrected chi connectivity index (χ1v) is 6.87. The van der Waals surface area contributed by atoms with E-state index in [0.29, 0.717) is 19.0 Å². The molecule has 1 saturated carbocycles. The largest absolute Gasteiger partial charge is 0.344 e. The molecule has 0 aromatic rings. The van der Waals surface area contributed by atoms with Crippen LogP contribution in [0.5, 0.6) is 0 Å². The quantitative estimate of drug-likeness (QED) is 0.495. The van der Waals surface area contributed by atoms with E-state index in [4.69, 9.17) is 4.55 Å². The molecular formula is C9H22N2O3S. The molecule has 0 aromatic carbocycles. The smallest absolute Gasteiger partial charge is 0.264 e. The third-order valence-corrected chi connectivity index (χ3v) is 3.42. The van der Waals surface area contributed by atoms with Gasteiger partial charge in [-0.05, 0) is 25.8 Å². The summed E-state index contributed by atoms with van der Waals surface area (Å²) in [6.07, 6.45) is 6.77. The summed E-state index contributed by atoms with van der Waals surface area (Å²) < 4.78 is 29.3. The number of hydrogen-bond acceptors (Lipinski definition) is 4. The highest BCUT2D eigenvalue weighted by molar-refractivity contribution is 7.85. The van der Waals surface area contributed by atoms with Crippen molar-refractivity contribution in [2.24, 2.45) is 0 Å². The summed E-state index contributed by atoms with van der Waals surface area (Å²) in [5.41, 5.74) is 0. The molecule has 0 spiro atoms. The van der Waals surface area contributed by atoms with E-state index in [9.17, 15) is 8.42 Å². The van der Waals surface area contributed by atoms with Gasteiger partial charge in [-0.1, -0.05) is 19.3 Å². The lowest BCUT2D eigenvalue weighted by molar-refractivity contribution is 0.373. The van der Waals surface area contributed by atoms with Gasteiger partial charge in [-0.15, -0.1) is 0 Å². The highest BCUT2D eigenvalue weighted by atomic mass is 32.2. The normalized spacial score (nSPS) is 18.5. The Morgan fingerprint density at radius 1 is 1.20 bits per heavy atom. The second-order valence-electron chi connectivity index (χ2n) is 3.93. The molecule has 0 saturated heterocycles. The fourth-order valence-corrected chi connectivity index (χ4v) is 2.38. The third-order valence-electron chi connectivity index (χ3n) is 2.62. The molecule has 0 radical (unpaired) electrons. The molecule has 0 unspecified atom stereocenters. The fourth-order valence-electron chi connectivity index (χ4n) is 1.87. The summed E-state index contributed by atoms with van der Waals surface area (Å²) in [5.74, 6) is -0.132. The van der Waals surface area contributed by atoms with Crippen molar-refractivity contribution in [1.82, 2.24) is 11.5 Å². The highest BCUT2D eigenvalue weighted by Crippen LogP contribution is 2.17. The molecular weight excluding hydrogens is 216 g/mol. The van der Waals surface area contributed by atoms with Crippen LogP contribution in [0.1, 0.15) is 38.5 Å². The van der Waals surface area contributed by atoms with Gasteiger partial charge in [0.05, 0.1) is 5.75 Å². The summed E-state index contributed by atoms with van der Waals surface area (Å²) in [5, 5.41) is 3.32. The van der Waals surface area contributed by atoms with Gasteiger partial charge in [0.2, 0.25) is 0 Å². The lowest BCUT2D eigenvalue weighted by Gasteiger charge is -2.22. The van der Waals surface area contributed by atoms with E-state index in [2.05, 4.69) is 5.32 Å². The Morgan fingerprint density at radius 2 is 1.80 bits per heavy atom. The molecule has 0 atom stereocenters. The maximum atomic E-state index is 10.4. The van der Waals surface area contributed by atoms with Gasteiger partial charge in [-0.3, -0.25) is 4.55 Å². The monoisotopic (exact) mass is 238 g/mol. The zero-order valence-electron chi connectivity index (χ0n) is 9.11. The minimum absolute atomic E-state index is 0. The van der Waals surface area contributed by atoms with Crippen molar-refractivity contribution in [3.05, 3.63) is 0 Å². The summed E-state index contributed by atoms with van der Waals surface area (Å²) in [7, 11) is -3.77. The van der Waals surface area contributed by atoms with E-state index in [1.54, 1.807) is 0 Å². The van der Waals surface area contributed by atoms with Gasteiger partial charge >= 0.3 is 0 Å². The van der Waals surface area contributed by atoms with E-state index in [1.165, 1.54) is 32.1 Å². The standard InChI is InChI=1S/C9H19NO3S.H3N/c11-14(12,13)8-4-7-10-9-5-2-1-3-6-9;/h9-10H,1-8H2,(H,11,12,13);1H3. The van der Waals surface area contributed by atoms with E-state index in [0.717, 1.165) is 0 Å². The topological polar surface area (TPSA) is 101 Å². The first-order valence-electron chi connectivity index (χ1n) is 5.26. The molecule has 15 heavy (non-hydrogen) atoms. The van der Waals surface area contributed by atoms with Crippen LogP contribution in [0.4, 0.5) is 0 Å². The molecule has 1 fully saturated rings. The van der Waals surface area contributed by atoms with E-state index in [1.807, 2.05) is 0 Å². The van der Waals surface area contributed by atoms with Crippen LogP contribution in [0, 0.1) is 0 Å². The van der Waals surface area contributed by atoms with Gasteiger partial charge in [-0.2, -0.15) is 8.42 Å².